The molecule has 0 aromatic carbocycles. The number of hydrogen-bond donors (Lipinski definition) is 3. The van der Waals surface area contributed by atoms with Crippen LogP contribution in [0, 0.1) is 34.0 Å². The molecule has 24 heavy (non-hydrogen) atoms. The highest BCUT2D eigenvalue weighted by Crippen LogP contribution is 2.65. The van der Waals surface area contributed by atoms with Crippen molar-refractivity contribution < 1.29 is 20.1 Å². The van der Waals surface area contributed by atoms with Gasteiger partial charge in [0, 0.05) is 6.61 Å². The molecule has 4 heteroatoms. The van der Waals surface area contributed by atoms with Crippen LogP contribution in [0.5, 0.6) is 0 Å². The molecule has 0 radical (unpaired) electrons. The molecule has 3 saturated carbocycles. The standard InChI is InChI=1S/C20H34O4/c1-18(9-10-21)11-13-5-6-15-19(2,16(13)14(22)12-18)7-4-8-20(15,3)17(23)24/h13-16,21-22H,4-12H2,1-3H3,(H,23,24)/t13?,14-,15?,16?,18+,19+,20+/m0/s1. The maximum atomic E-state index is 12.0. The Kier molecular flexibility index (Phi) is 4.53. The Hall–Kier alpha value is -0.610. The van der Waals surface area contributed by atoms with Gasteiger partial charge in [-0.3, -0.25) is 4.79 Å². The molecule has 0 aromatic heterocycles. The minimum Gasteiger partial charge on any atom is -0.481 e. The summed E-state index contributed by atoms with van der Waals surface area (Å²) in [5.74, 6) is 0.173. The highest BCUT2D eigenvalue weighted by atomic mass is 16.4. The number of carbonyl (C=O) groups is 1. The number of rotatable bonds is 3. The fraction of sp³-hybridized carbons (Fsp3) is 0.950. The number of aliphatic carboxylic acids is 1. The maximum absolute atomic E-state index is 12.0. The summed E-state index contributed by atoms with van der Waals surface area (Å²) in [6.45, 7) is 6.56. The van der Waals surface area contributed by atoms with Crippen LogP contribution in [0.4, 0.5) is 0 Å². The summed E-state index contributed by atoms with van der Waals surface area (Å²) in [5.41, 5.74) is -0.707. The van der Waals surface area contributed by atoms with E-state index in [0.29, 0.717) is 5.92 Å². The third-order valence-corrected chi connectivity index (χ3v) is 8.15. The molecule has 0 spiro atoms. The largest absolute Gasteiger partial charge is 0.481 e. The van der Waals surface area contributed by atoms with Crippen molar-refractivity contribution in [1.82, 2.24) is 0 Å². The summed E-state index contributed by atoms with van der Waals surface area (Å²) in [5, 5.41) is 30.3. The lowest BCUT2D eigenvalue weighted by molar-refractivity contribution is -0.190. The summed E-state index contributed by atoms with van der Waals surface area (Å²) in [6.07, 6.45) is 6.90. The average Bonchev–Trinajstić information content (AvgIpc) is 2.45. The third kappa shape index (κ3) is 2.61. The maximum Gasteiger partial charge on any atom is 0.309 e. The van der Waals surface area contributed by atoms with E-state index in [1.54, 1.807) is 0 Å². The van der Waals surface area contributed by atoms with Crippen LogP contribution in [0.15, 0.2) is 0 Å². The second-order valence-corrected chi connectivity index (χ2v) is 9.76. The highest BCUT2D eigenvalue weighted by Gasteiger charge is 2.62. The molecule has 4 nitrogen and oxygen atoms in total. The van der Waals surface area contributed by atoms with Gasteiger partial charge in [-0.1, -0.05) is 20.3 Å². The molecule has 0 heterocycles. The van der Waals surface area contributed by atoms with Crippen LogP contribution in [0.2, 0.25) is 0 Å². The molecular formula is C20H34O4. The minimum atomic E-state index is -0.660. The molecule has 0 bridgehead atoms. The van der Waals surface area contributed by atoms with Gasteiger partial charge in [-0.15, -0.1) is 0 Å². The first-order chi connectivity index (χ1) is 11.2. The second-order valence-electron chi connectivity index (χ2n) is 9.76. The molecule has 7 atom stereocenters. The fourth-order valence-corrected chi connectivity index (χ4v) is 7.12. The van der Waals surface area contributed by atoms with Crippen molar-refractivity contribution in [3.8, 4) is 0 Å². The first-order valence-corrected chi connectivity index (χ1v) is 9.69. The Bertz CT molecular complexity index is 506. The predicted molar refractivity (Wildman–Crippen MR) is 92.5 cm³/mol. The third-order valence-electron chi connectivity index (χ3n) is 8.15. The zero-order valence-corrected chi connectivity index (χ0v) is 15.4. The molecule has 0 aliphatic heterocycles. The van der Waals surface area contributed by atoms with E-state index in [1.807, 2.05) is 6.92 Å². The van der Waals surface area contributed by atoms with E-state index in [2.05, 4.69) is 13.8 Å². The van der Waals surface area contributed by atoms with Crippen molar-refractivity contribution in [2.75, 3.05) is 6.61 Å². The monoisotopic (exact) mass is 338 g/mol. The molecule has 3 rings (SSSR count). The summed E-state index contributed by atoms with van der Waals surface area (Å²) < 4.78 is 0. The molecule has 3 fully saturated rings. The zero-order valence-electron chi connectivity index (χ0n) is 15.4. The van der Waals surface area contributed by atoms with E-state index in [-0.39, 0.29) is 35.4 Å². The van der Waals surface area contributed by atoms with Crippen molar-refractivity contribution in [2.24, 2.45) is 34.0 Å². The molecule has 138 valence electrons. The normalized spacial score (nSPS) is 51.5. The van der Waals surface area contributed by atoms with E-state index in [4.69, 9.17) is 0 Å². The van der Waals surface area contributed by atoms with Crippen molar-refractivity contribution in [2.45, 2.75) is 78.2 Å². The van der Waals surface area contributed by atoms with E-state index in [1.165, 1.54) is 0 Å². The lowest BCUT2D eigenvalue weighted by Crippen LogP contribution is -2.60. The number of aliphatic hydroxyl groups is 2. The van der Waals surface area contributed by atoms with Gasteiger partial charge in [0.2, 0.25) is 0 Å². The van der Waals surface area contributed by atoms with Crippen molar-refractivity contribution in [3.05, 3.63) is 0 Å². The molecule has 0 amide bonds. The van der Waals surface area contributed by atoms with Crippen LogP contribution in [-0.4, -0.2) is 34.0 Å². The lowest BCUT2D eigenvalue weighted by atomic mass is 9.42. The quantitative estimate of drug-likeness (QED) is 0.736. The molecule has 0 saturated heterocycles. The molecule has 3 unspecified atom stereocenters. The van der Waals surface area contributed by atoms with Gasteiger partial charge in [0.15, 0.2) is 0 Å². The molecule has 3 N–H and O–H groups in total. The Morgan fingerprint density at radius 3 is 2.46 bits per heavy atom. The Labute approximate surface area is 145 Å². The van der Waals surface area contributed by atoms with Gasteiger partial charge in [0.1, 0.15) is 0 Å². The first kappa shape index (κ1) is 18.2. The van der Waals surface area contributed by atoms with Crippen LogP contribution in [0.25, 0.3) is 0 Å². The fourth-order valence-electron chi connectivity index (χ4n) is 7.12. The number of aliphatic hydroxyl groups excluding tert-OH is 2. The first-order valence-electron chi connectivity index (χ1n) is 9.69. The Balaban J connectivity index is 1.91. The van der Waals surface area contributed by atoms with Crippen LogP contribution < -0.4 is 0 Å². The lowest BCUT2D eigenvalue weighted by Gasteiger charge is -2.62. The van der Waals surface area contributed by atoms with Gasteiger partial charge in [0.25, 0.3) is 0 Å². The predicted octanol–water partition coefficient (Wildman–Crippen LogP) is 3.45. The van der Waals surface area contributed by atoms with Crippen molar-refractivity contribution in [3.63, 3.8) is 0 Å². The van der Waals surface area contributed by atoms with Gasteiger partial charge in [0.05, 0.1) is 11.5 Å². The van der Waals surface area contributed by atoms with Gasteiger partial charge >= 0.3 is 5.97 Å². The van der Waals surface area contributed by atoms with E-state index < -0.39 is 11.4 Å². The number of carboxylic acids is 1. The van der Waals surface area contributed by atoms with E-state index in [9.17, 15) is 20.1 Å². The molecular weight excluding hydrogens is 304 g/mol. The van der Waals surface area contributed by atoms with Crippen LogP contribution in [0.1, 0.15) is 72.1 Å². The average molecular weight is 338 g/mol. The topological polar surface area (TPSA) is 77.8 Å². The second kappa shape index (κ2) is 5.98. The van der Waals surface area contributed by atoms with E-state index in [0.717, 1.165) is 51.4 Å². The summed E-state index contributed by atoms with van der Waals surface area (Å²) in [7, 11) is 0. The summed E-state index contributed by atoms with van der Waals surface area (Å²) in [4.78, 5) is 12.0. The van der Waals surface area contributed by atoms with Crippen molar-refractivity contribution in [1.29, 1.82) is 0 Å². The van der Waals surface area contributed by atoms with Crippen molar-refractivity contribution >= 4 is 5.97 Å². The number of hydrogen-bond acceptors (Lipinski definition) is 3. The SMILES string of the molecule is C[C@@]1(CCO)CC2CCC3[C@@](C)(CCC[C@@]3(C)C(=O)O)C2[C@@H](O)C1. The minimum absolute atomic E-state index is 0.0172. The van der Waals surface area contributed by atoms with Gasteiger partial charge in [-0.2, -0.15) is 0 Å². The van der Waals surface area contributed by atoms with E-state index >= 15 is 0 Å². The van der Waals surface area contributed by atoms with Gasteiger partial charge in [-0.05, 0) is 80.5 Å². The Morgan fingerprint density at radius 1 is 1.12 bits per heavy atom. The summed E-state index contributed by atoms with van der Waals surface area (Å²) in [6, 6.07) is 0. The van der Waals surface area contributed by atoms with Crippen LogP contribution in [0.3, 0.4) is 0 Å². The molecule has 3 aliphatic rings. The molecule has 0 aromatic rings. The number of carboxylic acid groups (broad SMARTS) is 1. The summed E-state index contributed by atoms with van der Waals surface area (Å²) >= 11 is 0. The van der Waals surface area contributed by atoms with Crippen LogP contribution >= 0.6 is 0 Å². The smallest absolute Gasteiger partial charge is 0.309 e. The Morgan fingerprint density at radius 2 is 1.83 bits per heavy atom. The van der Waals surface area contributed by atoms with Gasteiger partial charge < -0.3 is 15.3 Å². The molecule has 3 aliphatic carbocycles. The number of fused-ring (bicyclic) bond motifs is 3. The zero-order chi connectivity index (χ0) is 17.8. The van der Waals surface area contributed by atoms with Gasteiger partial charge in [-0.25, -0.2) is 0 Å². The highest BCUT2D eigenvalue weighted by molar-refractivity contribution is 5.75. The van der Waals surface area contributed by atoms with Crippen LogP contribution in [-0.2, 0) is 4.79 Å².